The fourth-order valence-electron chi connectivity index (χ4n) is 8.72. The first-order valence-electron chi connectivity index (χ1n) is 22.9. The molecule has 0 fully saturated rings. The zero-order valence-corrected chi connectivity index (χ0v) is 33.8. The minimum atomic E-state index is -0.129. The molecule has 1 heterocycles. The molecule has 0 amide bonds. The lowest BCUT2D eigenvalue weighted by Crippen LogP contribution is -2.09. The number of para-hydroxylation sites is 2. The molecule has 62 heavy (non-hydrogen) atoms. The van der Waals surface area contributed by atoms with Gasteiger partial charge in [0.05, 0.1) is 22.2 Å². The van der Waals surface area contributed by atoms with Crippen LogP contribution in [0.5, 0.6) is 0 Å². The van der Waals surface area contributed by atoms with Crippen molar-refractivity contribution in [1.82, 2.24) is 4.57 Å². The second-order valence-electron chi connectivity index (χ2n) is 15.4. The smallest absolute Gasteiger partial charge is 0.0645 e. The first-order valence-corrected chi connectivity index (χ1v) is 20.9. The normalized spacial score (nSPS) is 12.1. The molecule has 0 aliphatic carbocycles. The first-order chi connectivity index (χ1) is 32.4. The minimum absolute atomic E-state index is 0.108. The molecular weight excluding hydrogens is 749 g/mol. The van der Waals surface area contributed by atoms with Crippen LogP contribution in [0, 0.1) is 0 Å². The van der Waals surface area contributed by atoms with Gasteiger partial charge >= 0.3 is 0 Å². The molecule has 0 aliphatic heterocycles. The third-order valence-corrected chi connectivity index (χ3v) is 11.7. The topological polar surface area (TPSA) is 8.17 Å². The van der Waals surface area contributed by atoms with E-state index in [1.54, 1.807) is 0 Å². The van der Waals surface area contributed by atoms with Gasteiger partial charge in [-0.25, -0.2) is 0 Å². The van der Waals surface area contributed by atoms with E-state index in [1.807, 2.05) is 120 Å². The van der Waals surface area contributed by atoms with Gasteiger partial charge in [0.1, 0.15) is 0 Å². The van der Waals surface area contributed by atoms with E-state index in [1.165, 1.54) is 0 Å². The highest BCUT2D eigenvalue weighted by Crippen LogP contribution is 2.41. The molecule has 2 heteroatoms. The van der Waals surface area contributed by atoms with Crippen molar-refractivity contribution in [3.05, 3.63) is 255 Å². The molecule has 0 atom stereocenters. The monoisotopic (exact) mass is 794 g/mol. The predicted octanol–water partition coefficient (Wildman–Crippen LogP) is 16.6. The number of rotatable bonds is 9. The Morgan fingerprint density at radius 3 is 1.35 bits per heavy atom. The third-order valence-electron chi connectivity index (χ3n) is 11.7. The van der Waals surface area contributed by atoms with Crippen LogP contribution in [0.4, 0.5) is 17.1 Å². The number of aromatic nitrogens is 1. The van der Waals surface area contributed by atoms with Gasteiger partial charge < -0.3 is 9.47 Å². The van der Waals surface area contributed by atoms with Crippen molar-refractivity contribution in [2.75, 3.05) is 4.90 Å². The Labute approximate surface area is 368 Å². The van der Waals surface area contributed by atoms with Crippen LogP contribution < -0.4 is 4.90 Å². The number of hydrogen-bond donors (Lipinski definition) is 0. The van der Waals surface area contributed by atoms with Crippen molar-refractivity contribution in [3.63, 3.8) is 0 Å². The molecule has 0 aliphatic rings. The number of benzene rings is 10. The fourth-order valence-corrected chi connectivity index (χ4v) is 8.72. The number of fused-ring (bicyclic) bond motifs is 3. The largest absolute Gasteiger partial charge is 0.311 e. The Hall–Kier alpha value is -8.20. The Balaban J connectivity index is 1.05. The first kappa shape index (κ1) is 32.6. The predicted molar refractivity (Wildman–Crippen MR) is 263 cm³/mol. The molecule has 11 rings (SSSR count). The van der Waals surface area contributed by atoms with E-state index in [0.29, 0.717) is 16.9 Å². The lowest BCUT2D eigenvalue weighted by molar-refractivity contribution is 1.18. The maximum Gasteiger partial charge on any atom is 0.0645 e. The Kier molecular flexibility index (Phi) is 8.47. The highest BCUT2D eigenvalue weighted by Gasteiger charge is 2.18. The molecular formula is C60H42N2. The van der Waals surface area contributed by atoms with Gasteiger partial charge in [0, 0.05) is 33.4 Å². The SMILES string of the molecule is [2H]c1c([2H])c(N(c2ccc(-c3ccccc3)cc2)c2ccc(-c3ccccc3-c3ccccc3)cc2)c([2H])c([2H])c1-c1ccc2c(c1)c1ccccc1n2-c1ccccc1-c1ccccc1. The van der Waals surface area contributed by atoms with E-state index in [9.17, 15) is 5.48 Å². The van der Waals surface area contributed by atoms with Crippen molar-refractivity contribution >= 4 is 38.9 Å². The van der Waals surface area contributed by atoms with Crippen molar-refractivity contribution in [1.29, 1.82) is 0 Å². The highest BCUT2D eigenvalue weighted by molar-refractivity contribution is 6.11. The Morgan fingerprint density at radius 2 is 0.726 bits per heavy atom. The van der Waals surface area contributed by atoms with E-state index in [4.69, 9.17) is 0 Å². The summed E-state index contributed by atoms with van der Waals surface area (Å²) in [5, 5.41) is 1.99. The van der Waals surface area contributed by atoms with Crippen LogP contribution in [0.15, 0.2) is 255 Å². The van der Waals surface area contributed by atoms with Crippen LogP contribution in [0.3, 0.4) is 0 Å². The van der Waals surface area contributed by atoms with Gasteiger partial charge in [0.25, 0.3) is 0 Å². The number of nitrogens with zero attached hydrogens (tertiary/aromatic N) is 2. The van der Waals surface area contributed by atoms with E-state index in [0.717, 1.165) is 72.0 Å². The molecule has 0 saturated carbocycles. The average Bonchev–Trinajstić information content (AvgIpc) is 3.71. The van der Waals surface area contributed by atoms with Crippen molar-refractivity contribution < 1.29 is 5.48 Å². The summed E-state index contributed by atoms with van der Waals surface area (Å²) in [6.45, 7) is 0. The second-order valence-corrected chi connectivity index (χ2v) is 15.4. The zero-order valence-electron chi connectivity index (χ0n) is 37.8. The standard InChI is InChI=1S/C60H42N2/c1-4-16-43(17-5-1)44-28-35-50(36-29-44)61(52-39-32-48(33-40-52)54-23-11-10-22-53(54)46-18-6-2-7-19-46)51-37-30-45(31-38-51)49-34-41-60-57(42-49)56-25-13-15-27-59(56)62(60)58-26-14-12-24-55(58)47-20-8-3-9-21-47/h1-42H/i30D,31D,37D,38D. The molecule has 10 aromatic carbocycles. The maximum absolute atomic E-state index is 9.71. The summed E-state index contributed by atoms with van der Waals surface area (Å²) in [5.74, 6) is 0. The van der Waals surface area contributed by atoms with E-state index in [-0.39, 0.29) is 35.4 Å². The van der Waals surface area contributed by atoms with Crippen LogP contribution in [0.1, 0.15) is 5.48 Å². The molecule has 0 saturated heterocycles. The lowest BCUT2D eigenvalue weighted by atomic mass is 9.94. The van der Waals surface area contributed by atoms with Gasteiger partial charge in [-0.05, 0) is 111 Å². The molecule has 0 radical (unpaired) electrons. The molecule has 292 valence electrons. The molecule has 0 unspecified atom stereocenters. The third kappa shape index (κ3) is 6.84. The van der Waals surface area contributed by atoms with Gasteiger partial charge in [0.15, 0.2) is 0 Å². The highest BCUT2D eigenvalue weighted by atomic mass is 15.1. The Morgan fingerprint density at radius 1 is 0.290 bits per heavy atom. The van der Waals surface area contributed by atoms with Gasteiger partial charge in [-0.1, -0.05) is 194 Å². The number of anilines is 3. The average molecular weight is 795 g/mol. The van der Waals surface area contributed by atoms with Crippen LogP contribution in [0.2, 0.25) is 0 Å². The van der Waals surface area contributed by atoms with Crippen LogP contribution in [-0.4, -0.2) is 4.57 Å². The van der Waals surface area contributed by atoms with Crippen molar-refractivity contribution in [3.8, 4) is 61.3 Å². The summed E-state index contributed by atoms with van der Waals surface area (Å²) in [7, 11) is 0. The van der Waals surface area contributed by atoms with Crippen LogP contribution in [0.25, 0.3) is 83.1 Å². The maximum atomic E-state index is 9.71. The second kappa shape index (κ2) is 16.1. The fraction of sp³-hybridized carbons (Fsp3) is 0. The summed E-state index contributed by atoms with van der Waals surface area (Å²) in [5.41, 5.74) is 14.2. The van der Waals surface area contributed by atoms with Crippen molar-refractivity contribution in [2.24, 2.45) is 0 Å². The van der Waals surface area contributed by atoms with E-state index in [2.05, 4.69) is 120 Å². The summed E-state index contributed by atoms with van der Waals surface area (Å²) >= 11 is 0. The summed E-state index contributed by atoms with van der Waals surface area (Å²) in [6.07, 6.45) is 0. The molecule has 0 N–H and O–H groups in total. The molecule has 11 aromatic rings. The van der Waals surface area contributed by atoms with E-state index < -0.39 is 0 Å². The molecule has 1 aromatic heterocycles. The van der Waals surface area contributed by atoms with Crippen LogP contribution >= 0.6 is 0 Å². The van der Waals surface area contributed by atoms with Crippen molar-refractivity contribution in [2.45, 2.75) is 0 Å². The summed E-state index contributed by atoms with van der Waals surface area (Å²) < 4.78 is 41.0. The number of hydrogen-bond acceptors (Lipinski definition) is 1. The molecule has 0 bridgehead atoms. The van der Waals surface area contributed by atoms with Crippen LogP contribution in [-0.2, 0) is 0 Å². The zero-order chi connectivity index (χ0) is 44.7. The van der Waals surface area contributed by atoms with Gasteiger partial charge in [-0.15, -0.1) is 0 Å². The summed E-state index contributed by atoms with van der Waals surface area (Å²) in [6, 6.07) is 77.6. The quantitative estimate of drug-likeness (QED) is 0.141. The molecule has 2 nitrogen and oxygen atoms in total. The van der Waals surface area contributed by atoms with E-state index >= 15 is 0 Å². The van der Waals surface area contributed by atoms with Gasteiger partial charge in [0.2, 0.25) is 0 Å². The Bertz CT molecular complexity index is 3520. The van der Waals surface area contributed by atoms with Gasteiger partial charge in [-0.3, -0.25) is 0 Å². The lowest BCUT2D eigenvalue weighted by Gasteiger charge is -2.26. The minimum Gasteiger partial charge on any atom is -0.311 e. The molecule has 0 spiro atoms. The van der Waals surface area contributed by atoms with Gasteiger partial charge in [-0.2, -0.15) is 0 Å². The summed E-state index contributed by atoms with van der Waals surface area (Å²) in [4.78, 5) is 1.85.